The summed E-state index contributed by atoms with van der Waals surface area (Å²) in [6.45, 7) is 5.65. The molecule has 0 amide bonds. The van der Waals surface area contributed by atoms with Crippen molar-refractivity contribution < 1.29 is 0 Å². The number of rotatable bonds is 4. The molecule has 1 saturated heterocycles. The number of aliphatic imine (C=N–C) groups is 1. The van der Waals surface area contributed by atoms with Crippen LogP contribution < -0.4 is 5.73 Å². The maximum atomic E-state index is 6.09. The van der Waals surface area contributed by atoms with E-state index in [2.05, 4.69) is 32.3 Å². The number of hydrogen-bond donors (Lipinski definition) is 1. The molecule has 8 heteroatoms. The first-order valence-electron chi connectivity index (χ1n) is 7.52. The average Bonchev–Trinajstić information content (AvgIpc) is 3.14. The summed E-state index contributed by atoms with van der Waals surface area (Å²) in [5, 5.41) is 11.8. The predicted octanol–water partition coefficient (Wildman–Crippen LogP) is 1.25. The number of guanidine groups is 1. The van der Waals surface area contributed by atoms with Gasteiger partial charge in [-0.1, -0.05) is 6.92 Å². The van der Waals surface area contributed by atoms with Gasteiger partial charge in [-0.05, 0) is 47.9 Å². The van der Waals surface area contributed by atoms with Crippen LogP contribution in [0, 0.1) is 11.8 Å². The summed E-state index contributed by atoms with van der Waals surface area (Å²) in [5.74, 6) is 2.88. The topological polar surface area (TPSA) is 85.2 Å². The molecule has 1 unspecified atom stereocenters. The number of nitrogens with two attached hydrogens (primary N) is 1. The van der Waals surface area contributed by atoms with Crippen LogP contribution in [0.25, 0.3) is 0 Å². The van der Waals surface area contributed by atoms with Crippen LogP contribution in [0.5, 0.6) is 0 Å². The summed E-state index contributed by atoms with van der Waals surface area (Å²) in [4.78, 5) is 6.64. The molecule has 3 rings (SSSR count). The van der Waals surface area contributed by atoms with Gasteiger partial charge in [-0.3, -0.25) is 0 Å². The molecule has 1 saturated carbocycles. The molecule has 1 atom stereocenters. The molecular weight excluding hydrogens is 381 g/mol. The lowest BCUT2D eigenvalue weighted by molar-refractivity contribution is 0.270. The van der Waals surface area contributed by atoms with Crippen LogP contribution in [0.1, 0.15) is 38.4 Å². The number of piperidine rings is 1. The fourth-order valence-electron chi connectivity index (χ4n) is 2.67. The van der Waals surface area contributed by atoms with Crippen LogP contribution >= 0.6 is 24.0 Å². The van der Waals surface area contributed by atoms with Gasteiger partial charge in [-0.2, -0.15) is 0 Å². The van der Waals surface area contributed by atoms with E-state index in [1.165, 1.54) is 25.7 Å². The van der Waals surface area contributed by atoms with Gasteiger partial charge in [0.15, 0.2) is 11.8 Å². The first-order chi connectivity index (χ1) is 9.72. The normalized spacial score (nSPS) is 23.0. The SMILES string of the molecule is CC1CCCN(C(N)=NCc2nnnn2CC2CC2)C1.I. The first-order valence-corrected chi connectivity index (χ1v) is 7.52. The van der Waals surface area contributed by atoms with Crippen molar-refractivity contribution >= 4 is 29.9 Å². The number of tetrazole rings is 1. The lowest BCUT2D eigenvalue weighted by Crippen LogP contribution is -2.43. The number of aromatic nitrogens is 4. The van der Waals surface area contributed by atoms with Gasteiger partial charge in [0, 0.05) is 19.6 Å². The molecule has 2 aliphatic rings. The standard InChI is InChI=1S/C13H23N7.HI/c1-10-3-2-6-19(8-10)13(14)15-7-12-16-17-18-20(12)9-11-4-5-11;/h10-11H,2-9H2,1H3,(H2,14,15);1H. The molecule has 2 heterocycles. The highest BCUT2D eigenvalue weighted by molar-refractivity contribution is 14.0. The van der Waals surface area contributed by atoms with Crippen LogP contribution in [0.15, 0.2) is 4.99 Å². The third-order valence-electron chi connectivity index (χ3n) is 4.10. The maximum Gasteiger partial charge on any atom is 0.191 e. The van der Waals surface area contributed by atoms with Gasteiger partial charge in [-0.25, -0.2) is 9.67 Å². The zero-order valence-electron chi connectivity index (χ0n) is 12.5. The van der Waals surface area contributed by atoms with Crippen LogP contribution in [0.4, 0.5) is 0 Å². The molecule has 2 N–H and O–H groups in total. The van der Waals surface area contributed by atoms with Crippen LogP contribution in [0.2, 0.25) is 0 Å². The van der Waals surface area contributed by atoms with Gasteiger partial charge >= 0.3 is 0 Å². The Labute approximate surface area is 142 Å². The van der Waals surface area contributed by atoms with E-state index in [-0.39, 0.29) is 24.0 Å². The van der Waals surface area contributed by atoms with Crippen molar-refractivity contribution in [2.45, 2.75) is 45.7 Å². The molecule has 1 aromatic rings. The number of halogens is 1. The Kier molecular flexibility index (Phi) is 5.77. The van der Waals surface area contributed by atoms with Crippen molar-refractivity contribution in [2.24, 2.45) is 22.6 Å². The second-order valence-corrected chi connectivity index (χ2v) is 6.09. The third-order valence-corrected chi connectivity index (χ3v) is 4.10. The van der Waals surface area contributed by atoms with E-state index in [9.17, 15) is 0 Å². The van der Waals surface area contributed by atoms with E-state index in [4.69, 9.17) is 5.73 Å². The van der Waals surface area contributed by atoms with E-state index in [0.717, 1.165) is 31.4 Å². The zero-order valence-corrected chi connectivity index (χ0v) is 14.8. The molecule has 118 valence electrons. The fraction of sp³-hybridized carbons (Fsp3) is 0.846. The highest BCUT2D eigenvalue weighted by Crippen LogP contribution is 2.30. The molecule has 1 aliphatic heterocycles. The summed E-state index contributed by atoms with van der Waals surface area (Å²) in [6.07, 6.45) is 5.05. The van der Waals surface area contributed by atoms with E-state index >= 15 is 0 Å². The summed E-state index contributed by atoms with van der Waals surface area (Å²) in [7, 11) is 0. The molecule has 0 aromatic carbocycles. The van der Waals surface area contributed by atoms with Crippen molar-refractivity contribution in [3.63, 3.8) is 0 Å². The second-order valence-electron chi connectivity index (χ2n) is 6.09. The first kappa shape index (κ1) is 16.4. The fourth-order valence-corrected chi connectivity index (χ4v) is 2.67. The molecule has 0 radical (unpaired) electrons. The van der Waals surface area contributed by atoms with Crippen LogP contribution in [0.3, 0.4) is 0 Å². The van der Waals surface area contributed by atoms with Crippen molar-refractivity contribution in [3.05, 3.63) is 5.82 Å². The molecule has 1 aromatic heterocycles. The van der Waals surface area contributed by atoms with Crippen molar-refractivity contribution in [1.29, 1.82) is 0 Å². The number of hydrogen-bond acceptors (Lipinski definition) is 4. The van der Waals surface area contributed by atoms with Gasteiger partial charge in [0.1, 0.15) is 6.54 Å². The van der Waals surface area contributed by atoms with Crippen LogP contribution in [-0.4, -0.2) is 44.2 Å². The Hall–Kier alpha value is -0.930. The smallest absolute Gasteiger partial charge is 0.191 e. The summed E-state index contributed by atoms with van der Waals surface area (Å²) >= 11 is 0. The molecule has 21 heavy (non-hydrogen) atoms. The largest absolute Gasteiger partial charge is 0.370 e. The highest BCUT2D eigenvalue weighted by atomic mass is 127. The zero-order chi connectivity index (χ0) is 13.9. The predicted molar refractivity (Wildman–Crippen MR) is 91.3 cm³/mol. The molecule has 0 bridgehead atoms. The Morgan fingerprint density at radius 2 is 2.19 bits per heavy atom. The lowest BCUT2D eigenvalue weighted by Gasteiger charge is -2.31. The Morgan fingerprint density at radius 1 is 1.38 bits per heavy atom. The summed E-state index contributed by atoms with van der Waals surface area (Å²) in [5.41, 5.74) is 6.09. The molecular formula is C13H24IN7. The van der Waals surface area contributed by atoms with Gasteiger partial charge < -0.3 is 10.6 Å². The minimum absolute atomic E-state index is 0. The highest BCUT2D eigenvalue weighted by Gasteiger charge is 2.23. The van der Waals surface area contributed by atoms with Gasteiger partial charge in [0.05, 0.1) is 0 Å². The minimum Gasteiger partial charge on any atom is -0.370 e. The van der Waals surface area contributed by atoms with Gasteiger partial charge in [-0.15, -0.1) is 29.1 Å². The maximum absolute atomic E-state index is 6.09. The molecule has 0 spiro atoms. The Bertz CT molecular complexity index is 483. The lowest BCUT2D eigenvalue weighted by atomic mass is 10.0. The van der Waals surface area contributed by atoms with Crippen LogP contribution in [-0.2, 0) is 13.1 Å². The summed E-state index contributed by atoms with van der Waals surface area (Å²) in [6, 6.07) is 0. The second kappa shape index (κ2) is 7.37. The molecule has 1 aliphatic carbocycles. The van der Waals surface area contributed by atoms with E-state index in [0.29, 0.717) is 18.4 Å². The molecule has 2 fully saturated rings. The number of nitrogens with zero attached hydrogens (tertiary/aromatic N) is 6. The third kappa shape index (κ3) is 4.52. The Balaban J connectivity index is 0.00000161. The van der Waals surface area contributed by atoms with E-state index in [1.54, 1.807) is 0 Å². The monoisotopic (exact) mass is 405 g/mol. The summed E-state index contributed by atoms with van der Waals surface area (Å²) < 4.78 is 1.87. The molecule has 7 nitrogen and oxygen atoms in total. The average molecular weight is 405 g/mol. The van der Waals surface area contributed by atoms with Crippen molar-refractivity contribution in [2.75, 3.05) is 13.1 Å². The Morgan fingerprint density at radius 3 is 2.90 bits per heavy atom. The van der Waals surface area contributed by atoms with E-state index in [1.807, 2.05) is 4.68 Å². The van der Waals surface area contributed by atoms with Gasteiger partial charge in [0.2, 0.25) is 0 Å². The van der Waals surface area contributed by atoms with Gasteiger partial charge in [0.25, 0.3) is 0 Å². The minimum atomic E-state index is 0. The van der Waals surface area contributed by atoms with Crippen molar-refractivity contribution in [1.82, 2.24) is 25.1 Å². The number of likely N-dealkylation sites (tertiary alicyclic amines) is 1. The van der Waals surface area contributed by atoms with E-state index < -0.39 is 0 Å². The van der Waals surface area contributed by atoms with Crippen molar-refractivity contribution in [3.8, 4) is 0 Å². The quantitative estimate of drug-likeness (QED) is 0.463.